The van der Waals surface area contributed by atoms with Gasteiger partial charge >= 0.3 is 5.97 Å². The van der Waals surface area contributed by atoms with E-state index in [2.05, 4.69) is 21.1 Å². The van der Waals surface area contributed by atoms with Gasteiger partial charge < -0.3 is 9.26 Å². The van der Waals surface area contributed by atoms with Crippen LogP contribution in [-0.2, 0) is 14.1 Å². The van der Waals surface area contributed by atoms with Crippen LogP contribution in [0, 0.1) is 0 Å². The molecular weight excluding hydrogens is 175 g/mol. The molecule has 0 aromatic carbocycles. The van der Waals surface area contributed by atoms with Crippen molar-refractivity contribution in [2.45, 2.75) is 26.2 Å². The van der Waals surface area contributed by atoms with E-state index < -0.39 is 0 Å². The number of methoxy groups -OCH3 is 1. The molecule has 0 spiro atoms. The highest BCUT2D eigenvalue weighted by atomic mass is 31.0. The maximum atomic E-state index is 10.8. The van der Waals surface area contributed by atoms with Crippen molar-refractivity contribution in [2.75, 3.05) is 7.11 Å². The summed E-state index contributed by atoms with van der Waals surface area (Å²) in [5.74, 6) is 0.275. The van der Waals surface area contributed by atoms with Crippen molar-refractivity contribution in [1.29, 1.82) is 0 Å². The van der Waals surface area contributed by atoms with Gasteiger partial charge in [-0.25, -0.2) is 4.79 Å². The first-order chi connectivity index (χ1) is 5.74. The molecule has 3 nitrogen and oxygen atoms in total. The van der Waals surface area contributed by atoms with Crippen LogP contribution in [0.15, 0.2) is 11.8 Å². The summed E-state index contributed by atoms with van der Waals surface area (Å²) in [5.41, 5.74) is 0. The Morgan fingerprint density at radius 3 is 2.67 bits per heavy atom. The highest BCUT2D eigenvalue weighted by Gasteiger charge is 2.00. The molecule has 0 aliphatic heterocycles. The summed E-state index contributed by atoms with van der Waals surface area (Å²) in [7, 11) is 3.47. The molecule has 4 heteroatoms. The Hall–Kier alpha value is -0.560. The number of hydrogen-bond donors (Lipinski definition) is 0. The van der Waals surface area contributed by atoms with E-state index in [9.17, 15) is 4.79 Å². The summed E-state index contributed by atoms with van der Waals surface area (Å²) in [6.07, 6.45) is 4.22. The van der Waals surface area contributed by atoms with Gasteiger partial charge in [0.2, 0.25) is 0 Å². The van der Waals surface area contributed by atoms with Crippen LogP contribution in [0.2, 0.25) is 0 Å². The fourth-order valence-corrected chi connectivity index (χ4v) is 0.892. The summed E-state index contributed by atoms with van der Waals surface area (Å²) in [4.78, 5) is 10.8. The predicted octanol–water partition coefficient (Wildman–Crippen LogP) is 2.04. The van der Waals surface area contributed by atoms with Gasteiger partial charge in [-0.05, 0) is 6.42 Å². The Labute approximate surface area is 75.4 Å². The predicted molar refractivity (Wildman–Crippen MR) is 50.4 cm³/mol. The standard InChI is InChI=1S/C8H15O3P/c1-3-4-5-7(11-12)6-8(9)10-2/h6H,3-5,12H2,1-2H3/b7-6-. The number of rotatable bonds is 5. The molecule has 12 heavy (non-hydrogen) atoms. The zero-order chi connectivity index (χ0) is 9.40. The molecule has 0 aromatic rings. The van der Waals surface area contributed by atoms with Crippen LogP contribution in [0.3, 0.4) is 0 Å². The highest BCUT2D eigenvalue weighted by Crippen LogP contribution is 2.11. The molecule has 0 radical (unpaired) electrons. The molecule has 0 heterocycles. The second-order valence-electron chi connectivity index (χ2n) is 2.36. The Morgan fingerprint density at radius 1 is 1.58 bits per heavy atom. The van der Waals surface area contributed by atoms with Crippen LogP contribution in [0.25, 0.3) is 0 Å². The van der Waals surface area contributed by atoms with E-state index in [0.29, 0.717) is 5.76 Å². The third kappa shape index (κ3) is 5.14. The van der Waals surface area contributed by atoms with Gasteiger partial charge in [0.05, 0.1) is 22.7 Å². The molecule has 0 saturated heterocycles. The van der Waals surface area contributed by atoms with E-state index in [1.807, 2.05) is 0 Å². The summed E-state index contributed by atoms with van der Waals surface area (Å²) in [5, 5.41) is 0. The normalized spacial score (nSPS) is 11.1. The maximum absolute atomic E-state index is 10.8. The molecule has 0 aromatic heterocycles. The first-order valence-corrected chi connectivity index (χ1v) is 4.37. The quantitative estimate of drug-likeness (QED) is 0.288. The SMILES string of the molecule is CCCC/C(=C/C(=O)OC)OP. The van der Waals surface area contributed by atoms with Gasteiger partial charge in [0.1, 0.15) is 5.76 Å². The lowest BCUT2D eigenvalue weighted by molar-refractivity contribution is -0.135. The summed E-state index contributed by atoms with van der Waals surface area (Å²) in [6, 6.07) is 0. The van der Waals surface area contributed by atoms with E-state index in [1.165, 1.54) is 13.2 Å². The van der Waals surface area contributed by atoms with Crippen molar-refractivity contribution in [3.63, 3.8) is 0 Å². The van der Waals surface area contributed by atoms with Crippen molar-refractivity contribution < 1.29 is 14.1 Å². The zero-order valence-corrected chi connectivity index (χ0v) is 8.66. The van der Waals surface area contributed by atoms with E-state index >= 15 is 0 Å². The summed E-state index contributed by atoms with van der Waals surface area (Å²) >= 11 is 0. The topological polar surface area (TPSA) is 35.5 Å². The summed E-state index contributed by atoms with van der Waals surface area (Å²) in [6.45, 7) is 2.08. The van der Waals surface area contributed by atoms with E-state index in [1.54, 1.807) is 0 Å². The molecule has 0 amide bonds. The molecule has 0 bridgehead atoms. The number of ether oxygens (including phenoxy) is 1. The van der Waals surface area contributed by atoms with Crippen LogP contribution in [0.4, 0.5) is 0 Å². The number of carbonyl (C=O) groups is 1. The van der Waals surface area contributed by atoms with Gasteiger partial charge in [0.25, 0.3) is 0 Å². The molecule has 0 aliphatic rings. The molecular formula is C8H15O3P. The average molecular weight is 190 g/mol. The maximum Gasteiger partial charge on any atom is 0.333 e. The molecule has 1 unspecified atom stereocenters. The highest BCUT2D eigenvalue weighted by molar-refractivity contribution is 7.10. The van der Waals surface area contributed by atoms with Gasteiger partial charge in [-0.3, -0.25) is 0 Å². The molecule has 70 valence electrons. The molecule has 0 saturated carbocycles. The number of hydrogen-bond acceptors (Lipinski definition) is 3. The van der Waals surface area contributed by atoms with E-state index in [-0.39, 0.29) is 5.97 Å². The number of carbonyl (C=O) groups excluding carboxylic acids is 1. The Bertz CT molecular complexity index is 166. The first kappa shape index (κ1) is 11.4. The minimum absolute atomic E-state index is 0.372. The third-order valence-electron chi connectivity index (χ3n) is 1.41. The van der Waals surface area contributed by atoms with Crippen LogP contribution in [0.5, 0.6) is 0 Å². The fourth-order valence-electron chi connectivity index (χ4n) is 0.706. The van der Waals surface area contributed by atoms with Crippen LogP contribution >= 0.6 is 9.47 Å². The molecule has 1 atom stereocenters. The smallest absolute Gasteiger partial charge is 0.333 e. The van der Waals surface area contributed by atoms with Crippen molar-refractivity contribution in [3.05, 3.63) is 11.8 Å². The average Bonchev–Trinajstić information content (AvgIpc) is 2.11. The largest absolute Gasteiger partial charge is 0.484 e. The van der Waals surface area contributed by atoms with Crippen LogP contribution < -0.4 is 0 Å². The van der Waals surface area contributed by atoms with Gasteiger partial charge in [0, 0.05) is 6.42 Å². The first-order valence-electron chi connectivity index (χ1n) is 3.89. The fraction of sp³-hybridized carbons (Fsp3) is 0.625. The van der Waals surface area contributed by atoms with Crippen LogP contribution in [0.1, 0.15) is 26.2 Å². The van der Waals surface area contributed by atoms with Gasteiger partial charge in [-0.1, -0.05) is 13.3 Å². The third-order valence-corrected chi connectivity index (χ3v) is 1.71. The Morgan fingerprint density at radius 2 is 2.25 bits per heavy atom. The number of allylic oxidation sites excluding steroid dienone is 1. The Balaban J connectivity index is 3.94. The van der Waals surface area contributed by atoms with Crippen molar-refractivity contribution in [2.24, 2.45) is 0 Å². The number of unbranched alkanes of at least 4 members (excludes halogenated alkanes) is 1. The van der Waals surface area contributed by atoms with E-state index in [0.717, 1.165) is 19.3 Å². The lowest BCUT2D eigenvalue weighted by atomic mass is 10.2. The van der Waals surface area contributed by atoms with E-state index in [4.69, 9.17) is 4.52 Å². The zero-order valence-electron chi connectivity index (χ0n) is 7.50. The van der Waals surface area contributed by atoms with Crippen LogP contribution in [-0.4, -0.2) is 13.1 Å². The molecule has 0 fully saturated rings. The molecule has 0 rings (SSSR count). The second-order valence-corrected chi connectivity index (χ2v) is 2.59. The molecule has 0 N–H and O–H groups in total. The van der Waals surface area contributed by atoms with Crippen molar-refractivity contribution in [3.8, 4) is 0 Å². The summed E-state index contributed by atoms with van der Waals surface area (Å²) < 4.78 is 9.36. The van der Waals surface area contributed by atoms with Crippen molar-refractivity contribution >= 4 is 15.4 Å². The number of esters is 1. The lowest BCUT2D eigenvalue weighted by Gasteiger charge is -2.03. The minimum atomic E-state index is -0.372. The minimum Gasteiger partial charge on any atom is -0.484 e. The Kier molecular flexibility index (Phi) is 6.78. The van der Waals surface area contributed by atoms with Gasteiger partial charge in [-0.15, -0.1) is 0 Å². The van der Waals surface area contributed by atoms with Gasteiger partial charge in [0.15, 0.2) is 0 Å². The monoisotopic (exact) mass is 190 g/mol. The molecule has 0 aliphatic carbocycles. The lowest BCUT2D eigenvalue weighted by Crippen LogP contribution is -1.97. The van der Waals surface area contributed by atoms with Crippen molar-refractivity contribution in [1.82, 2.24) is 0 Å². The van der Waals surface area contributed by atoms with Gasteiger partial charge in [-0.2, -0.15) is 0 Å². The second kappa shape index (κ2) is 7.11.